The van der Waals surface area contributed by atoms with Crippen molar-refractivity contribution in [2.75, 3.05) is 26.9 Å². The monoisotopic (exact) mass is 273 g/mol. The average Bonchev–Trinajstić information content (AvgIpc) is 2.44. The van der Waals surface area contributed by atoms with Gasteiger partial charge in [-0.2, -0.15) is 0 Å². The molecule has 0 saturated heterocycles. The summed E-state index contributed by atoms with van der Waals surface area (Å²) in [6.45, 7) is 5.27. The molecule has 1 saturated carbocycles. The standard InChI is InChI=1S/C14H27NO4/c1-4-15-13(14(16)18-5-2)10-19-12-8-6-7-11(9-12)17-3/h11-13,15H,4-10H2,1-3H3. The number of ether oxygens (including phenoxy) is 3. The zero-order valence-electron chi connectivity index (χ0n) is 12.3. The van der Waals surface area contributed by atoms with Gasteiger partial charge in [0.25, 0.3) is 0 Å². The summed E-state index contributed by atoms with van der Waals surface area (Å²) in [5.74, 6) is -0.233. The van der Waals surface area contributed by atoms with Crippen LogP contribution in [-0.4, -0.2) is 51.1 Å². The second kappa shape index (κ2) is 9.28. The number of likely N-dealkylation sites (N-methyl/N-ethyl adjacent to an activating group) is 1. The quantitative estimate of drug-likeness (QED) is 0.679. The van der Waals surface area contributed by atoms with E-state index in [1.807, 2.05) is 13.8 Å². The predicted octanol–water partition coefficient (Wildman–Crippen LogP) is 1.50. The van der Waals surface area contributed by atoms with Crippen LogP contribution < -0.4 is 5.32 Å². The molecule has 0 spiro atoms. The van der Waals surface area contributed by atoms with E-state index in [9.17, 15) is 4.79 Å². The minimum absolute atomic E-state index is 0.189. The lowest BCUT2D eigenvalue weighted by Crippen LogP contribution is -2.43. The lowest BCUT2D eigenvalue weighted by Gasteiger charge is -2.29. The number of hydrogen-bond donors (Lipinski definition) is 1. The van der Waals surface area contributed by atoms with Crippen molar-refractivity contribution in [3.63, 3.8) is 0 Å². The number of methoxy groups -OCH3 is 1. The Bertz CT molecular complexity index is 260. The Hall–Kier alpha value is -0.650. The van der Waals surface area contributed by atoms with Crippen molar-refractivity contribution in [1.82, 2.24) is 5.32 Å². The van der Waals surface area contributed by atoms with Crippen molar-refractivity contribution in [2.24, 2.45) is 0 Å². The molecular formula is C14H27NO4. The third kappa shape index (κ3) is 5.89. The van der Waals surface area contributed by atoms with E-state index in [0.29, 0.717) is 19.3 Å². The summed E-state index contributed by atoms with van der Waals surface area (Å²) in [5, 5.41) is 3.10. The first-order chi connectivity index (χ1) is 9.21. The molecule has 0 aromatic rings. The molecule has 5 nitrogen and oxygen atoms in total. The molecule has 0 aliphatic heterocycles. The predicted molar refractivity (Wildman–Crippen MR) is 73.1 cm³/mol. The molecule has 112 valence electrons. The van der Waals surface area contributed by atoms with Crippen LogP contribution in [-0.2, 0) is 19.0 Å². The summed E-state index contributed by atoms with van der Waals surface area (Å²) in [5.41, 5.74) is 0. The van der Waals surface area contributed by atoms with Gasteiger partial charge >= 0.3 is 5.97 Å². The Morgan fingerprint density at radius 1 is 1.32 bits per heavy atom. The van der Waals surface area contributed by atoms with E-state index in [2.05, 4.69) is 5.32 Å². The zero-order valence-corrected chi connectivity index (χ0v) is 12.3. The molecule has 0 radical (unpaired) electrons. The Labute approximate surface area is 116 Å². The van der Waals surface area contributed by atoms with Crippen molar-refractivity contribution in [3.8, 4) is 0 Å². The molecule has 1 aliphatic carbocycles. The number of nitrogens with one attached hydrogen (secondary N) is 1. The summed E-state index contributed by atoms with van der Waals surface area (Å²) in [6.07, 6.45) is 4.66. The molecule has 0 amide bonds. The first-order valence-electron chi connectivity index (χ1n) is 7.25. The molecule has 5 heteroatoms. The van der Waals surface area contributed by atoms with Gasteiger partial charge in [0.2, 0.25) is 0 Å². The third-order valence-corrected chi connectivity index (χ3v) is 3.43. The molecule has 1 aliphatic rings. The highest BCUT2D eigenvalue weighted by Gasteiger charge is 2.25. The lowest BCUT2D eigenvalue weighted by atomic mass is 9.95. The molecule has 1 rings (SSSR count). The molecule has 1 fully saturated rings. The van der Waals surface area contributed by atoms with Gasteiger partial charge in [-0.05, 0) is 39.2 Å². The van der Waals surface area contributed by atoms with Crippen LogP contribution in [0.3, 0.4) is 0 Å². The first-order valence-corrected chi connectivity index (χ1v) is 7.25. The summed E-state index contributed by atoms with van der Waals surface area (Å²) in [6, 6.07) is -0.368. The van der Waals surface area contributed by atoms with E-state index in [1.165, 1.54) is 0 Å². The van der Waals surface area contributed by atoms with Crippen molar-refractivity contribution in [2.45, 2.75) is 57.8 Å². The van der Waals surface area contributed by atoms with Crippen LogP contribution in [0.15, 0.2) is 0 Å². The number of hydrogen-bond acceptors (Lipinski definition) is 5. The Morgan fingerprint density at radius 2 is 2.05 bits per heavy atom. The average molecular weight is 273 g/mol. The summed E-state index contributed by atoms with van der Waals surface area (Å²) in [4.78, 5) is 11.7. The minimum atomic E-state index is -0.368. The van der Waals surface area contributed by atoms with Crippen LogP contribution in [0.1, 0.15) is 39.5 Å². The van der Waals surface area contributed by atoms with Gasteiger partial charge in [-0.3, -0.25) is 4.79 Å². The summed E-state index contributed by atoms with van der Waals surface area (Å²) >= 11 is 0. The van der Waals surface area contributed by atoms with Crippen LogP contribution in [0.25, 0.3) is 0 Å². The normalized spacial score (nSPS) is 25.0. The molecule has 0 heterocycles. The molecule has 19 heavy (non-hydrogen) atoms. The Morgan fingerprint density at radius 3 is 2.68 bits per heavy atom. The van der Waals surface area contributed by atoms with Gasteiger partial charge < -0.3 is 19.5 Å². The largest absolute Gasteiger partial charge is 0.465 e. The smallest absolute Gasteiger partial charge is 0.325 e. The van der Waals surface area contributed by atoms with E-state index in [0.717, 1.165) is 32.2 Å². The van der Waals surface area contributed by atoms with Gasteiger partial charge in [-0.15, -0.1) is 0 Å². The van der Waals surface area contributed by atoms with Crippen molar-refractivity contribution in [1.29, 1.82) is 0 Å². The first kappa shape index (κ1) is 16.4. The van der Waals surface area contributed by atoms with Crippen LogP contribution in [0.2, 0.25) is 0 Å². The fraction of sp³-hybridized carbons (Fsp3) is 0.929. The second-order valence-electron chi connectivity index (χ2n) is 4.84. The van der Waals surface area contributed by atoms with Gasteiger partial charge in [0, 0.05) is 7.11 Å². The highest BCUT2D eigenvalue weighted by molar-refractivity contribution is 5.75. The molecule has 0 bridgehead atoms. The van der Waals surface area contributed by atoms with E-state index in [1.54, 1.807) is 7.11 Å². The van der Waals surface area contributed by atoms with Crippen molar-refractivity contribution >= 4 is 5.97 Å². The van der Waals surface area contributed by atoms with E-state index in [-0.39, 0.29) is 18.1 Å². The number of esters is 1. The summed E-state index contributed by atoms with van der Waals surface area (Å²) < 4.78 is 16.3. The van der Waals surface area contributed by atoms with Crippen LogP contribution in [0, 0.1) is 0 Å². The van der Waals surface area contributed by atoms with Crippen molar-refractivity contribution in [3.05, 3.63) is 0 Å². The molecule has 0 aromatic heterocycles. The molecule has 3 atom stereocenters. The van der Waals surface area contributed by atoms with E-state index in [4.69, 9.17) is 14.2 Å². The fourth-order valence-electron chi connectivity index (χ4n) is 2.40. The Balaban J connectivity index is 2.35. The Kier molecular flexibility index (Phi) is 8.02. The van der Waals surface area contributed by atoms with Gasteiger partial charge in [0.1, 0.15) is 6.04 Å². The molecule has 1 N–H and O–H groups in total. The van der Waals surface area contributed by atoms with Crippen molar-refractivity contribution < 1.29 is 19.0 Å². The molecular weight excluding hydrogens is 246 g/mol. The van der Waals surface area contributed by atoms with Crippen LogP contribution in [0.4, 0.5) is 0 Å². The molecule has 3 unspecified atom stereocenters. The number of carbonyl (C=O) groups is 1. The van der Waals surface area contributed by atoms with E-state index >= 15 is 0 Å². The maximum atomic E-state index is 11.7. The molecule has 0 aromatic carbocycles. The summed E-state index contributed by atoms with van der Waals surface area (Å²) in [7, 11) is 1.74. The zero-order chi connectivity index (χ0) is 14.1. The van der Waals surface area contributed by atoms with Gasteiger partial charge in [0.15, 0.2) is 0 Å². The van der Waals surface area contributed by atoms with Gasteiger partial charge in [-0.25, -0.2) is 0 Å². The second-order valence-corrected chi connectivity index (χ2v) is 4.84. The third-order valence-electron chi connectivity index (χ3n) is 3.43. The number of carbonyl (C=O) groups excluding carboxylic acids is 1. The van der Waals surface area contributed by atoms with Gasteiger partial charge in [-0.1, -0.05) is 6.92 Å². The van der Waals surface area contributed by atoms with E-state index < -0.39 is 0 Å². The fourth-order valence-corrected chi connectivity index (χ4v) is 2.40. The maximum absolute atomic E-state index is 11.7. The van der Waals surface area contributed by atoms with Crippen LogP contribution in [0.5, 0.6) is 0 Å². The maximum Gasteiger partial charge on any atom is 0.325 e. The highest BCUT2D eigenvalue weighted by Crippen LogP contribution is 2.23. The lowest BCUT2D eigenvalue weighted by molar-refractivity contribution is -0.148. The van der Waals surface area contributed by atoms with Gasteiger partial charge in [0.05, 0.1) is 25.4 Å². The minimum Gasteiger partial charge on any atom is -0.465 e. The number of rotatable bonds is 8. The topological polar surface area (TPSA) is 56.8 Å². The SMILES string of the molecule is CCNC(COC1CCCC(OC)C1)C(=O)OCC. The van der Waals surface area contributed by atoms with Crippen LogP contribution >= 0.6 is 0 Å². The highest BCUT2D eigenvalue weighted by atomic mass is 16.5.